The van der Waals surface area contributed by atoms with Crippen LogP contribution in [-0.4, -0.2) is 22.2 Å². The molecule has 2 amide bonds. The zero-order chi connectivity index (χ0) is 16.3. The van der Waals surface area contributed by atoms with E-state index in [1.165, 1.54) is 6.20 Å². The molecule has 0 bridgehead atoms. The van der Waals surface area contributed by atoms with Crippen molar-refractivity contribution in [1.29, 1.82) is 0 Å². The first-order valence-electron chi connectivity index (χ1n) is 6.98. The molecule has 0 spiro atoms. The van der Waals surface area contributed by atoms with E-state index in [0.29, 0.717) is 17.3 Å². The maximum atomic E-state index is 12.0. The first-order chi connectivity index (χ1) is 10.4. The molecule has 2 N–H and O–H groups in total. The second-order valence-corrected chi connectivity index (χ2v) is 5.70. The van der Waals surface area contributed by atoms with Gasteiger partial charge < -0.3 is 15.2 Å². The number of carbonyl (C=O) groups is 1. The van der Waals surface area contributed by atoms with Crippen molar-refractivity contribution in [3.63, 3.8) is 0 Å². The van der Waals surface area contributed by atoms with Crippen LogP contribution in [0.25, 0.3) is 0 Å². The molecule has 0 aliphatic rings. The summed E-state index contributed by atoms with van der Waals surface area (Å²) in [5, 5.41) is 9.95. The lowest BCUT2D eigenvalue weighted by Gasteiger charge is -2.14. The fourth-order valence-electron chi connectivity index (χ4n) is 2.17. The number of halogens is 1. The molecule has 7 heteroatoms. The average molecular weight is 323 g/mol. The third-order valence-electron chi connectivity index (χ3n) is 3.34. The van der Waals surface area contributed by atoms with Gasteiger partial charge in [-0.15, -0.1) is 0 Å². The van der Waals surface area contributed by atoms with Gasteiger partial charge >= 0.3 is 6.03 Å². The molecule has 0 radical (unpaired) electrons. The van der Waals surface area contributed by atoms with Gasteiger partial charge in [0.25, 0.3) is 0 Å². The van der Waals surface area contributed by atoms with Gasteiger partial charge in [0.05, 0.1) is 17.6 Å². The molecule has 2 aromatic heterocycles. The molecule has 2 aromatic rings. The molecular weight excluding hydrogens is 304 g/mol. The van der Waals surface area contributed by atoms with Crippen LogP contribution in [0.4, 0.5) is 10.5 Å². The highest BCUT2D eigenvalue weighted by molar-refractivity contribution is 6.30. The number of nitrogens with one attached hydrogen (secondary N) is 2. The average Bonchev–Trinajstić information content (AvgIpc) is 2.74. The Morgan fingerprint density at radius 2 is 2.14 bits per heavy atom. The molecule has 2 rings (SSSR count). The number of rotatable bonds is 4. The van der Waals surface area contributed by atoms with E-state index in [1.807, 2.05) is 27.7 Å². The molecular formula is C15H19ClN4O2. The van der Waals surface area contributed by atoms with Crippen molar-refractivity contribution in [2.24, 2.45) is 0 Å². The molecule has 0 aromatic carbocycles. The minimum atomic E-state index is -0.289. The van der Waals surface area contributed by atoms with E-state index >= 15 is 0 Å². The van der Waals surface area contributed by atoms with Gasteiger partial charge in [-0.1, -0.05) is 16.8 Å². The van der Waals surface area contributed by atoms with Crippen molar-refractivity contribution < 1.29 is 9.32 Å². The summed E-state index contributed by atoms with van der Waals surface area (Å²) in [6.07, 6.45) is 2.18. The summed E-state index contributed by atoms with van der Waals surface area (Å²) in [4.78, 5) is 16.0. The summed E-state index contributed by atoms with van der Waals surface area (Å²) in [7, 11) is 0. The molecule has 22 heavy (non-hydrogen) atoms. The van der Waals surface area contributed by atoms with Crippen molar-refractivity contribution in [3.8, 4) is 0 Å². The molecule has 0 aliphatic carbocycles. The smallest absolute Gasteiger partial charge is 0.319 e. The fourth-order valence-corrected chi connectivity index (χ4v) is 2.27. The first kappa shape index (κ1) is 16.3. The third-order valence-corrected chi connectivity index (χ3v) is 3.74. The number of pyridine rings is 1. The van der Waals surface area contributed by atoms with Gasteiger partial charge in [0.1, 0.15) is 10.9 Å². The normalized spacial score (nSPS) is 12.0. The van der Waals surface area contributed by atoms with Gasteiger partial charge in [0.2, 0.25) is 0 Å². The lowest BCUT2D eigenvalue weighted by Crippen LogP contribution is -2.37. The van der Waals surface area contributed by atoms with Gasteiger partial charge in [-0.3, -0.25) is 0 Å². The summed E-state index contributed by atoms with van der Waals surface area (Å²) < 4.78 is 5.12. The van der Waals surface area contributed by atoms with Crippen LogP contribution in [0.2, 0.25) is 5.15 Å². The third kappa shape index (κ3) is 3.98. The quantitative estimate of drug-likeness (QED) is 0.845. The molecule has 0 saturated heterocycles. The van der Waals surface area contributed by atoms with Gasteiger partial charge in [-0.2, -0.15) is 0 Å². The Kier molecular flexibility index (Phi) is 5.03. The van der Waals surface area contributed by atoms with Crippen LogP contribution in [0.5, 0.6) is 0 Å². The number of urea groups is 1. The van der Waals surface area contributed by atoms with Crippen LogP contribution in [-0.2, 0) is 6.42 Å². The second kappa shape index (κ2) is 6.79. The van der Waals surface area contributed by atoms with Crippen LogP contribution in [0, 0.1) is 20.8 Å². The summed E-state index contributed by atoms with van der Waals surface area (Å²) in [5.74, 6) is 0.782. The summed E-state index contributed by atoms with van der Waals surface area (Å²) in [5.41, 5.74) is 3.29. The van der Waals surface area contributed by atoms with Crippen molar-refractivity contribution in [2.75, 3.05) is 5.32 Å². The monoisotopic (exact) mass is 322 g/mol. The molecule has 2 heterocycles. The fraction of sp³-hybridized carbons (Fsp3) is 0.400. The Balaban J connectivity index is 1.92. The molecule has 0 aliphatic heterocycles. The van der Waals surface area contributed by atoms with Gasteiger partial charge in [0, 0.05) is 11.6 Å². The van der Waals surface area contributed by atoms with E-state index in [1.54, 1.807) is 6.07 Å². The number of hydrogen-bond donors (Lipinski definition) is 2. The molecule has 1 unspecified atom stereocenters. The van der Waals surface area contributed by atoms with Crippen LogP contribution < -0.4 is 10.6 Å². The number of amides is 2. The number of anilines is 1. The lowest BCUT2D eigenvalue weighted by atomic mass is 10.1. The minimum Gasteiger partial charge on any atom is -0.361 e. The first-order valence-corrected chi connectivity index (χ1v) is 7.36. The molecule has 6 nitrogen and oxygen atoms in total. The number of nitrogens with zero attached hydrogens (tertiary/aromatic N) is 2. The Morgan fingerprint density at radius 1 is 1.41 bits per heavy atom. The summed E-state index contributed by atoms with van der Waals surface area (Å²) >= 11 is 5.86. The van der Waals surface area contributed by atoms with Crippen molar-refractivity contribution in [2.45, 2.75) is 40.2 Å². The zero-order valence-corrected chi connectivity index (χ0v) is 13.8. The number of hydrogen-bond acceptors (Lipinski definition) is 4. The van der Waals surface area contributed by atoms with Crippen molar-refractivity contribution in [3.05, 3.63) is 40.0 Å². The number of aryl methyl sites for hydroxylation is 3. The maximum absolute atomic E-state index is 12.0. The lowest BCUT2D eigenvalue weighted by molar-refractivity contribution is 0.249. The number of aromatic nitrogens is 2. The molecule has 0 fully saturated rings. The van der Waals surface area contributed by atoms with Crippen LogP contribution in [0.3, 0.4) is 0 Å². The van der Waals surface area contributed by atoms with Gasteiger partial charge in [-0.25, -0.2) is 9.78 Å². The van der Waals surface area contributed by atoms with E-state index in [4.69, 9.17) is 16.1 Å². The zero-order valence-electron chi connectivity index (χ0n) is 13.0. The highest BCUT2D eigenvalue weighted by atomic mass is 35.5. The Hall–Kier alpha value is -2.08. The number of carbonyl (C=O) groups excluding carboxylic acids is 1. The standard InChI is InChI=1S/C15H19ClN4O2/c1-8-5-12(7-17-14(8)16)19-15(21)18-9(2)6-13-10(3)20-22-11(13)4/h5,7,9H,6H2,1-4H3,(H2,18,19,21). The predicted octanol–water partition coefficient (Wildman–Crippen LogP) is 3.40. The van der Waals surface area contributed by atoms with E-state index in [0.717, 1.165) is 22.6 Å². The Labute approximate surface area is 134 Å². The van der Waals surface area contributed by atoms with Crippen molar-refractivity contribution in [1.82, 2.24) is 15.5 Å². The maximum Gasteiger partial charge on any atom is 0.319 e. The Bertz CT molecular complexity index is 665. The van der Waals surface area contributed by atoms with Crippen LogP contribution >= 0.6 is 11.6 Å². The summed E-state index contributed by atoms with van der Waals surface area (Å²) in [6.45, 7) is 7.51. The highest BCUT2D eigenvalue weighted by Gasteiger charge is 2.15. The Morgan fingerprint density at radius 3 is 2.73 bits per heavy atom. The molecule has 0 saturated carbocycles. The van der Waals surface area contributed by atoms with Crippen LogP contribution in [0.1, 0.15) is 29.5 Å². The minimum absolute atomic E-state index is 0.0573. The van der Waals surface area contributed by atoms with E-state index in [2.05, 4.69) is 20.8 Å². The highest BCUT2D eigenvalue weighted by Crippen LogP contribution is 2.16. The summed E-state index contributed by atoms with van der Waals surface area (Å²) in [6, 6.07) is 1.43. The second-order valence-electron chi connectivity index (χ2n) is 5.34. The predicted molar refractivity (Wildman–Crippen MR) is 85.3 cm³/mol. The van der Waals surface area contributed by atoms with E-state index in [9.17, 15) is 4.79 Å². The van der Waals surface area contributed by atoms with Crippen LogP contribution in [0.15, 0.2) is 16.8 Å². The molecule has 1 atom stereocenters. The van der Waals surface area contributed by atoms with Gasteiger partial charge in [0.15, 0.2) is 0 Å². The van der Waals surface area contributed by atoms with E-state index in [-0.39, 0.29) is 12.1 Å². The topological polar surface area (TPSA) is 80.0 Å². The SMILES string of the molecule is Cc1cc(NC(=O)NC(C)Cc2c(C)noc2C)cnc1Cl. The molecule has 118 valence electrons. The largest absolute Gasteiger partial charge is 0.361 e. The van der Waals surface area contributed by atoms with Crippen molar-refractivity contribution >= 4 is 23.3 Å². The van der Waals surface area contributed by atoms with E-state index < -0.39 is 0 Å². The van der Waals surface area contributed by atoms with Gasteiger partial charge in [-0.05, 0) is 45.7 Å².